The van der Waals surface area contributed by atoms with Crippen LogP contribution in [-0.2, 0) is 9.47 Å². The molecule has 146 valence electrons. The fraction of sp³-hybridized carbons (Fsp3) is 0.636. The predicted octanol–water partition coefficient (Wildman–Crippen LogP) is 5.94. The van der Waals surface area contributed by atoms with Gasteiger partial charge >= 0.3 is 11.9 Å². The van der Waals surface area contributed by atoms with E-state index >= 15 is 0 Å². The molecule has 0 spiro atoms. The SMILES string of the molecule is CCCCCCCCOC(=O)c1cccc(C(=O)OC(C)CCCC)c1. The number of esters is 2. The van der Waals surface area contributed by atoms with Crippen molar-refractivity contribution in [2.75, 3.05) is 6.61 Å². The van der Waals surface area contributed by atoms with Crippen molar-refractivity contribution < 1.29 is 19.1 Å². The van der Waals surface area contributed by atoms with Crippen molar-refractivity contribution in [1.29, 1.82) is 0 Å². The van der Waals surface area contributed by atoms with Crippen LogP contribution < -0.4 is 0 Å². The van der Waals surface area contributed by atoms with Crippen molar-refractivity contribution in [2.24, 2.45) is 0 Å². The zero-order valence-electron chi connectivity index (χ0n) is 16.6. The monoisotopic (exact) mass is 362 g/mol. The number of hydrogen-bond donors (Lipinski definition) is 0. The fourth-order valence-corrected chi connectivity index (χ4v) is 2.71. The van der Waals surface area contributed by atoms with E-state index in [1.54, 1.807) is 24.3 Å². The molecule has 26 heavy (non-hydrogen) atoms. The molecule has 1 aromatic rings. The second kappa shape index (κ2) is 13.4. The average Bonchev–Trinajstić information content (AvgIpc) is 2.65. The van der Waals surface area contributed by atoms with Crippen LogP contribution in [0.4, 0.5) is 0 Å². The van der Waals surface area contributed by atoms with Gasteiger partial charge in [0.2, 0.25) is 0 Å². The molecule has 1 rings (SSSR count). The van der Waals surface area contributed by atoms with E-state index in [1.165, 1.54) is 25.7 Å². The third kappa shape index (κ3) is 9.02. The van der Waals surface area contributed by atoms with Crippen molar-refractivity contribution in [3.63, 3.8) is 0 Å². The topological polar surface area (TPSA) is 52.6 Å². The van der Waals surface area contributed by atoms with Crippen molar-refractivity contribution >= 4 is 11.9 Å². The second-order valence-electron chi connectivity index (χ2n) is 6.84. The van der Waals surface area contributed by atoms with Gasteiger partial charge < -0.3 is 9.47 Å². The standard InChI is InChI=1S/C22H34O4/c1-4-6-8-9-10-11-16-25-21(23)19-14-12-15-20(17-19)22(24)26-18(3)13-7-5-2/h12,14-15,17-18H,4-11,13,16H2,1-3H3. The predicted molar refractivity (Wildman–Crippen MR) is 105 cm³/mol. The van der Waals surface area contributed by atoms with Gasteiger partial charge in [-0.3, -0.25) is 0 Å². The number of carbonyl (C=O) groups is 2. The molecule has 1 atom stereocenters. The molecule has 0 saturated carbocycles. The van der Waals surface area contributed by atoms with E-state index in [2.05, 4.69) is 13.8 Å². The first-order chi connectivity index (χ1) is 12.6. The molecule has 0 bridgehead atoms. The van der Waals surface area contributed by atoms with Crippen LogP contribution in [0.1, 0.15) is 99.3 Å². The number of hydrogen-bond acceptors (Lipinski definition) is 4. The minimum Gasteiger partial charge on any atom is -0.462 e. The van der Waals surface area contributed by atoms with Crippen LogP contribution >= 0.6 is 0 Å². The lowest BCUT2D eigenvalue weighted by Crippen LogP contribution is -2.15. The zero-order valence-corrected chi connectivity index (χ0v) is 16.6. The molecular weight excluding hydrogens is 328 g/mol. The number of unbranched alkanes of at least 4 members (excludes halogenated alkanes) is 6. The molecular formula is C22H34O4. The summed E-state index contributed by atoms with van der Waals surface area (Å²) in [5.74, 6) is -0.772. The summed E-state index contributed by atoms with van der Waals surface area (Å²) in [7, 11) is 0. The molecule has 0 amide bonds. The highest BCUT2D eigenvalue weighted by atomic mass is 16.5. The Morgan fingerprint density at radius 2 is 1.50 bits per heavy atom. The highest BCUT2D eigenvalue weighted by Gasteiger charge is 2.15. The molecule has 0 aliphatic carbocycles. The molecule has 0 aliphatic heterocycles. The van der Waals surface area contributed by atoms with Crippen LogP contribution in [0.2, 0.25) is 0 Å². The summed E-state index contributed by atoms with van der Waals surface area (Å²) in [4.78, 5) is 24.3. The van der Waals surface area contributed by atoms with Gasteiger partial charge in [0.05, 0.1) is 23.8 Å². The lowest BCUT2D eigenvalue weighted by molar-refractivity contribution is 0.0320. The van der Waals surface area contributed by atoms with E-state index in [0.717, 1.165) is 32.1 Å². The van der Waals surface area contributed by atoms with Gasteiger partial charge in [-0.25, -0.2) is 9.59 Å². The van der Waals surface area contributed by atoms with E-state index in [4.69, 9.17) is 9.47 Å². The summed E-state index contributed by atoms with van der Waals surface area (Å²) in [5.41, 5.74) is 0.786. The van der Waals surface area contributed by atoms with Gasteiger partial charge in [0, 0.05) is 0 Å². The molecule has 1 aromatic carbocycles. The van der Waals surface area contributed by atoms with E-state index in [1.807, 2.05) is 6.92 Å². The van der Waals surface area contributed by atoms with Gasteiger partial charge in [-0.15, -0.1) is 0 Å². The van der Waals surface area contributed by atoms with E-state index in [-0.39, 0.29) is 18.0 Å². The van der Waals surface area contributed by atoms with E-state index in [0.29, 0.717) is 17.7 Å². The average molecular weight is 363 g/mol. The Kier molecular flexibility index (Phi) is 11.4. The van der Waals surface area contributed by atoms with Crippen LogP contribution in [0.25, 0.3) is 0 Å². The fourth-order valence-electron chi connectivity index (χ4n) is 2.71. The molecule has 0 aliphatic rings. The maximum absolute atomic E-state index is 12.2. The molecule has 0 fully saturated rings. The van der Waals surface area contributed by atoms with Gasteiger partial charge in [-0.05, 0) is 38.0 Å². The molecule has 1 unspecified atom stereocenters. The van der Waals surface area contributed by atoms with Gasteiger partial charge in [-0.2, -0.15) is 0 Å². The second-order valence-corrected chi connectivity index (χ2v) is 6.84. The summed E-state index contributed by atoms with van der Waals surface area (Å²) in [6.45, 7) is 6.62. The molecule has 0 radical (unpaired) electrons. The zero-order chi connectivity index (χ0) is 19.2. The maximum atomic E-state index is 12.2. The largest absolute Gasteiger partial charge is 0.462 e. The number of benzene rings is 1. The third-order valence-electron chi connectivity index (χ3n) is 4.34. The summed E-state index contributed by atoms with van der Waals surface area (Å²) in [6.07, 6.45) is 9.70. The minimum atomic E-state index is -0.390. The van der Waals surface area contributed by atoms with Crippen LogP contribution in [0.3, 0.4) is 0 Å². The summed E-state index contributed by atoms with van der Waals surface area (Å²) >= 11 is 0. The first-order valence-electron chi connectivity index (χ1n) is 10.1. The lowest BCUT2D eigenvalue weighted by Gasteiger charge is -2.13. The van der Waals surface area contributed by atoms with Crippen LogP contribution in [0, 0.1) is 0 Å². The van der Waals surface area contributed by atoms with Crippen molar-refractivity contribution in [1.82, 2.24) is 0 Å². The summed E-state index contributed by atoms with van der Waals surface area (Å²) in [6, 6.07) is 6.58. The molecule has 4 heteroatoms. The van der Waals surface area contributed by atoms with Gasteiger partial charge in [0.1, 0.15) is 0 Å². The lowest BCUT2D eigenvalue weighted by atomic mass is 10.1. The Morgan fingerprint density at radius 1 is 0.885 bits per heavy atom. The number of carbonyl (C=O) groups excluding carboxylic acids is 2. The highest BCUT2D eigenvalue weighted by Crippen LogP contribution is 2.12. The van der Waals surface area contributed by atoms with E-state index in [9.17, 15) is 9.59 Å². The Hall–Kier alpha value is -1.84. The first-order valence-corrected chi connectivity index (χ1v) is 10.1. The Morgan fingerprint density at radius 3 is 2.19 bits per heavy atom. The van der Waals surface area contributed by atoms with Crippen LogP contribution in [-0.4, -0.2) is 24.6 Å². The Balaban J connectivity index is 2.42. The Bertz CT molecular complexity index is 539. The molecule has 0 aromatic heterocycles. The van der Waals surface area contributed by atoms with Crippen LogP contribution in [0.15, 0.2) is 24.3 Å². The maximum Gasteiger partial charge on any atom is 0.338 e. The van der Waals surface area contributed by atoms with E-state index < -0.39 is 0 Å². The van der Waals surface area contributed by atoms with Gasteiger partial charge in [0.25, 0.3) is 0 Å². The summed E-state index contributed by atoms with van der Waals surface area (Å²) in [5, 5.41) is 0. The van der Waals surface area contributed by atoms with Crippen molar-refractivity contribution in [3.8, 4) is 0 Å². The number of rotatable bonds is 13. The first kappa shape index (κ1) is 22.2. The molecule has 0 saturated heterocycles. The Labute approximate surface area is 158 Å². The molecule has 0 heterocycles. The normalized spacial score (nSPS) is 11.8. The minimum absolute atomic E-state index is 0.120. The molecule has 4 nitrogen and oxygen atoms in total. The summed E-state index contributed by atoms with van der Waals surface area (Å²) < 4.78 is 10.7. The highest BCUT2D eigenvalue weighted by molar-refractivity contribution is 5.95. The number of ether oxygens (including phenoxy) is 2. The third-order valence-corrected chi connectivity index (χ3v) is 4.34. The van der Waals surface area contributed by atoms with Gasteiger partial charge in [0.15, 0.2) is 0 Å². The molecule has 0 N–H and O–H groups in total. The van der Waals surface area contributed by atoms with Crippen LogP contribution in [0.5, 0.6) is 0 Å². The van der Waals surface area contributed by atoms with Gasteiger partial charge in [-0.1, -0.05) is 64.9 Å². The van der Waals surface area contributed by atoms with Crippen molar-refractivity contribution in [2.45, 2.75) is 84.7 Å². The quantitative estimate of drug-likeness (QED) is 0.322. The smallest absolute Gasteiger partial charge is 0.338 e. The van der Waals surface area contributed by atoms with Crippen molar-refractivity contribution in [3.05, 3.63) is 35.4 Å².